The lowest BCUT2D eigenvalue weighted by molar-refractivity contribution is -0.138. The number of hydrogen-bond acceptors (Lipinski definition) is 3. The monoisotopic (exact) mass is 251 g/mol. The summed E-state index contributed by atoms with van der Waals surface area (Å²) in [4.78, 5) is 22.0. The van der Waals surface area contributed by atoms with Gasteiger partial charge in [0.05, 0.1) is 0 Å². The Labute approximate surface area is 105 Å². The van der Waals surface area contributed by atoms with Crippen molar-refractivity contribution < 1.29 is 19.8 Å². The van der Waals surface area contributed by atoms with Crippen LogP contribution in [0.2, 0.25) is 0 Å². The number of phenolic OH excluding ortho intramolecular Hbond substituents is 1. The van der Waals surface area contributed by atoms with Crippen LogP contribution in [0.4, 0.5) is 0 Å². The number of nitrogens with one attached hydrogen (secondary N) is 1. The highest BCUT2D eigenvalue weighted by atomic mass is 16.4. The smallest absolute Gasteiger partial charge is 0.303 e. The molecule has 98 valence electrons. The van der Waals surface area contributed by atoms with E-state index in [2.05, 4.69) is 5.32 Å². The molecule has 0 spiro atoms. The van der Waals surface area contributed by atoms with E-state index in [1.807, 2.05) is 0 Å². The molecule has 1 amide bonds. The highest BCUT2D eigenvalue weighted by Gasteiger charge is 2.12. The molecule has 1 aromatic carbocycles. The molecule has 0 radical (unpaired) electrons. The molecule has 18 heavy (non-hydrogen) atoms. The third kappa shape index (κ3) is 4.86. The van der Waals surface area contributed by atoms with Crippen LogP contribution in [0.25, 0.3) is 0 Å². The second kappa shape index (κ2) is 6.64. The van der Waals surface area contributed by atoms with E-state index in [4.69, 9.17) is 5.11 Å². The summed E-state index contributed by atoms with van der Waals surface area (Å²) in [6.07, 6.45) is 0.143. The number of carboxylic acids is 1. The van der Waals surface area contributed by atoms with Crippen molar-refractivity contribution in [2.45, 2.75) is 26.3 Å². The average Bonchev–Trinajstić information content (AvgIpc) is 2.26. The topological polar surface area (TPSA) is 86.6 Å². The number of carboxylic acid groups (broad SMARTS) is 1. The van der Waals surface area contributed by atoms with E-state index >= 15 is 0 Å². The van der Waals surface area contributed by atoms with Crippen LogP contribution < -0.4 is 5.32 Å². The first-order valence-electron chi connectivity index (χ1n) is 5.74. The van der Waals surface area contributed by atoms with Crippen LogP contribution in [0.1, 0.15) is 25.3 Å². The van der Waals surface area contributed by atoms with Gasteiger partial charge in [-0.2, -0.15) is 0 Å². The highest BCUT2D eigenvalue weighted by Crippen LogP contribution is 2.15. The summed E-state index contributed by atoms with van der Waals surface area (Å²) in [5.41, 5.74) is 0.636. The fourth-order valence-electron chi connectivity index (χ4n) is 1.61. The summed E-state index contributed by atoms with van der Waals surface area (Å²) >= 11 is 0. The number of aliphatic carboxylic acids is 1. The van der Waals surface area contributed by atoms with E-state index in [1.165, 1.54) is 0 Å². The van der Waals surface area contributed by atoms with Crippen LogP contribution in [-0.2, 0) is 16.1 Å². The van der Waals surface area contributed by atoms with Gasteiger partial charge in [0.1, 0.15) is 5.75 Å². The number of benzene rings is 1. The number of aromatic hydroxyl groups is 1. The molecule has 0 fully saturated rings. The molecule has 5 heteroatoms. The molecule has 0 aliphatic carbocycles. The molecule has 5 nitrogen and oxygen atoms in total. The van der Waals surface area contributed by atoms with Crippen molar-refractivity contribution in [3.8, 4) is 5.75 Å². The van der Waals surface area contributed by atoms with Crippen LogP contribution in [0, 0.1) is 5.92 Å². The normalized spacial score (nSPS) is 11.8. The third-order valence-corrected chi connectivity index (χ3v) is 2.52. The van der Waals surface area contributed by atoms with Crippen LogP contribution in [0.3, 0.4) is 0 Å². The SMILES string of the molecule is CC(CC(=O)O)CC(=O)NCc1ccccc1O. The Morgan fingerprint density at radius 1 is 1.28 bits per heavy atom. The summed E-state index contributed by atoms with van der Waals surface area (Å²) in [5.74, 6) is -1.19. The van der Waals surface area contributed by atoms with E-state index in [-0.39, 0.29) is 37.0 Å². The van der Waals surface area contributed by atoms with Crippen LogP contribution >= 0.6 is 0 Å². The summed E-state index contributed by atoms with van der Waals surface area (Å²) in [6.45, 7) is 1.96. The van der Waals surface area contributed by atoms with Crippen molar-refractivity contribution in [2.75, 3.05) is 0 Å². The molecule has 3 N–H and O–H groups in total. The Morgan fingerprint density at radius 2 is 1.94 bits per heavy atom. The minimum Gasteiger partial charge on any atom is -0.508 e. The van der Waals surface area contributed by atoms with Crippen LogP contribution in [-0.4, -0.2) is 22.1 Å². The number of carbonyl (C=O) groups is 2. The number of hydrogen-bond donors (Lipinski definition) is 3. The summed E-state index contributed by atoms with van der Waals surface area (Å²) in [7, 11) is 0. The maximum absolute atomic E-state index is 11.5. The number of rotatable bonds is 6. The van der Waals surface area contributed by atoms with Gasteiger partial charge in [0.15, 0.2) is 0 Å². The molecule has 0 heterocycles. The van der Waals surface area contributed by atoms with Crippen LogP contribution in [0.5, 0.6) is 5.75 Å². The van der Waals surface area contributed by atoms with Gasteiger partial charge in [0.2, 0.25) is 5.91 Å². The maximum atomic E-state index is 11.5. The Morgan fingerprint density at radius 3 is 2.56 bits per heavy atom. The Balaban J connectivity index is 2.38. The predicted octanol–water partition coefficient (Wildman–Crippen LogP) is 1.51. The van der Waals surface area contributed by atoms with Gasteiger partial charge in [-0.3, -0.25) is 9.59 Å². The largest absolute Gasteiger partial charge is 0.508 e. The lowest BCUT2D eigenvalue weighted by Gasteiger charge is -2.10. The van der Waals surface area contributed by atoms with Gasteiger partial charge in [-0.25, -0.2) is 0 Å². The molecule has 0 saturated carbocycles. The molecule has 0 saturated heterocycles. The molecule has 0 bridgehead atoms. The van der Waals surface area contributed by atoms with E-state index in [9.17, 15) is 14.7 Å². The fourth-order valence-corrected chi connectivity index (χ4v) is 1.61. The highest BCUT2D eigenvalue weighted by molar-refractivity contribution is 5.77. The van der Waals surface area contributed by atoms with Crippen molar-refractivity contribution in [2.24, 2.45) is 5.92 Å². The van der Waals surface area contributed by atoms with E-state index in [0.29, 0.717) is 5.56 Å². The first kappa shape index (κ1) is 14.0. The zero-order chi connectivity index (χ0) is 13.5. The Bertz CT molecular complexity index is 431. The van der Waals surface area contributed by atoms with Crippen LogP contribution in [0.15, 0.2) is 24.3 Å². The molecule has 0 aromatic heterocycles. The standard InChI is InChI=1S/C13H17NO4/c1-9(7-13(17)18)6-12(16)14-8-10-4-2-3-5-11(10)15/h2-5,9,15H,6-8H2,1H3,(H,14,16)(H,17,18). The van der Waals surface area contributed by atoms with E-state index in [0.717, 1.165) is 0 Å². The predicted molar refractivity (Wildman–Crippen MR) is 66.0 cm³/mol. The molecule has 1 unspecified atom stereocenters. The van der Waals surface area contributed by atoms with Gasteiger partial charge < -0.3 is 15.5 Å². The van der Waals surface area contributed by atoms with Gasteiger partial charge in [-0.05, 0) is 12.0 Å². The quantitative estimate of drug-likeness (QED) is 0.715. The van der Waals surface area contributed by atoms with Gasteiger partial charge in [0.25, 0.3) is 0 Å². The van der Waals surface area contributed by atoms with E-state index in [1.54, 1.807) is 31.2 Å². The second-order valence-electron chi connectivity index (χ2n) is 4.31. The van der Waals surface area contributed by atoms with Gasteiger partial charge in [-0.15, -0.1) is 0 Å². The lowest BCUT2D eigenvalue weighted by atomic mass is 10.0. The zero-order valence-corrected chi connectivity index (χ0v) is 10.2. The van der Waals surface area contributed by atoms with E-state index < -0.39 is 5.97 Å². The molecule has 0 aliphatic heterocycles. The van der Waals surface area contributed by atoms with Gasteiger partial charge >= 0.3 is 5.97 Å². The van der Waals surface area contributed by atoms with Crippen molar-refractivity contribution in [3.05, 3.63) is 29.8 Å². The van der Waals surface area contributed by atoms with Gasteiger partial charge in [-0.1, -0.05) is 25.1 Å². The Hall–Kier alpha value is -2.04. The average molecular weight is 251 g/mol. The minimum atomic E-state index is -0.906. The molecule has 1 rings (SSSR count). The second-order valence-corrected chi connectivity index (χ2v) is 4.31. The molecular weight excluding hydrogens is 234 g/mol. The maximum Gasteiger partial charge on any atom is 0.303 e. The summed E-state index contributed by atoms with van der Waals surface area (Å²) in [5, 5.41) is 20.7. The number of carbonyl (C=O) groups excluding carboxylic acids is 1. The fraction of sp³-hybridized carbons (Fsp3) is 0.385. The summed E-state index contributed by atoms with van der Waals surface area (Å²) in [6, 6.07) is 6.74. The zero-order valence-electron chi connectivity index (χ0n) is 10.2. The first-order valence-corrected chi connectivity index (χ1v) is 5.74. The summed E-state index contributed by atoms with van der Waals surface area (Å²) < 4.78 is 0. The van der Waals surface area contributed by atoms with Gasteiger partial charge in [0, 0.05) is 24.9 Å². The first-order chi connectivity index (χ1) is 8.49. The molecule has 1 atom stereocenters. The number of para-hydroxylation sites is 1. The number of amides is 1. The molecule has 1 aromatic rings. The van der Waals surface area contributed by atoms with Crippen molar-refractivity contribution in [1.29, 1.82) is 0 Å². The number of phenols is 1. The van der Waals surface area contributed by atoms with Crippen molar-refractivity contribution >= 4 is 11.9 Å². The molecular formula is C13H17NO4. The Kier molecular flexibility index (Phi) is 5.17. The lowest BCUT2D eigenvalue weighted by Crippen LogP contribution is -2.25. The van der Waals surface area contributed by atoms with Crippen molar-refractivity contribution in [1.82, 2.24) is 5.32 Å². The minimum absolute atomic E-state index is 0.0238. The molecule has 0 aliphatic rings. The van der Waals surface area contributed by atoms with Crippen molar-refractivity contribution in [3.63, 3.8) is 0 Å². The third-order valence-electron chi connectivity index (χ3n) is 2.52.